The van der Waals surface area contributed by atoms with Crippen molar-refractivity contribution in [1.82, 2.24) is 0 Å². The van der Waals surface area contributed by atoms with Crippen molar-refractivity contribution in [3.8, 4) is 0 Å². The standard InChI is InChI=1S/C10H22O2/c1-5-10(3,9-11-4)7-8-12-6-2/h5-9H2,1-4H3. The largest absolute Gasteiger partial charge is 0.384 e. The van der Waals surface area contributed by atoms with E-state index in [0.717, 1.165) is 32.7 Å². The van der Waals surface area contributed by atoms with Crippen molar-refractivity contribution in [2.24, 2.45) is 5.41 Å². The maximum Gasteiger partial charge on any atom is 0.0516 e. The van der Waals surface area contributed by atoms with E-state index in [9.17, 15) is 0 Å². The Bertz CT molecular complexity index is 104. The Morgan fingerprint density at radius 1 is 1.25 bits per heavy atom. The second-order valence-corrected chi connectivity index (χ2v) is 3.54. The Kier molecular flexibility index (Phi) is 6.39. The van der Waals surface area contributed by atoms with Gasteiger partial charge in [0.05, 0.1) is 6.61 Å². The molecule has 74 valence electrons. The van der Waals surface area contributed by atoms with Crippen molar-refractivity contribution in [1.29, 1.82) is 0 Å². The summed E-state index contributed by atoms with van der Waals surface area (Å²) in [4.78, 5) is 0. The van der Waals surface area contributed by atoms with Gasteiger partial charge in [0, 0.05) is 20.3 Å². The summed E-state index contributed by atoms with van der Waals surface area (Å²) in [6.45, 7) is 8.97. The summed E-state index contributed by atoms with van der Waals surface area (Å²) in [6.07, 6.45) is 2.24. The highest BCUT2D eigenvalue weighted by atomic mass is 16.5. The monoisotopic (exact) mass is 174 g/mol. The molecule has 12 heavy (non-hydrogen) atoms. The normalized spacial score (nSPS) is 16.0. The van der Waals surface area contributed by atoms with Crippen molar-refractivity contribution >= 4 is 0 Å². The van der Waals surface area contributed by atoms with Crippen LogP contribution in [0, 0.1) is 5.41 Å². The number of rotatable bonds is 7. The lowest BCUT2D eigenvalue weighted by Gasteiger charge is -2.26. The first kappa shape index (κ1) is 11.9. The van der Waals surface area contributed by atoms with Crippen LogP contribution in [0.4, 0.5) is 0 Å². The lowest BCUT2D eigenvalue weighted by molar-refractivity contribution is 0.0477. The van der Waals surface area contributed by atoms with Gasteiger partial charge in [-0.05, 0) is 25.2 Å². The smallest absolute Gasteiger partial charge is 0.0516 e. The van der Waals surface area contributed by atoms with E-state index in [1.807, 2.05) is 6.92 Å². The fourth-order valence-electron chi connectivity index (χ4n) is 1.16. The maximum atomic E-state index is 5.32. The fourth-order valence-corrected chi connectivity index (χ4v) is 1.16. The van der Waals surface area contributed by atoms with Gasteiger partial charge in [-0.1, -0.05) is 13.8 Å². The molecular formula is C10H22O2. The van der Waals surface area contributed by atoms with Crippen LogP contribution in [0.15, 0.2) is 0 Å². The highest BCUT2D eigenvalue weighted by Gasteiger charge is 2.21. The lowest BCUT2D eigenvalue weighted by Crippen LogP contribution is -2.23. The molecule has 0 N–H and O–H groups in total. The quantitative estimate of drug-likeness (QED) is 0.552. The molecule has 0 aromatic rings. The van der Waals surface area contributed by atoms with Crippen LogP contribution in [0.25, 0.3) is 0 Å². The highest BCUT2D eigenvalue weighted by molar-refractivity contribution is 4.71. The maximum absolute atomic E-state index is 5.32. The summed E-state index contributed by atoms with van der Waals surface area (Å²) in [5, 5.41) is 0. The second kappa shape index (κ2) is 6.44. The Labute approximate surface area is 76.3 Å². The van der Waals surface area contributed by atoms with Crippen LogP contribution in [-0.2, 0) is 9.47 Å². The topological polar surface area (TPSA) is 18.5 Å². The van der Waals surface area contributed by atoms with Gasteiger partial charge in [0.15, 0.2) is 0 Å². The summed E-state index contributed by atoms with van der Waals surface area (Å²) < 4.78 is 10.5. The van der Waals surface area contributed by atoms with Gasteiger partial charge < -0.3 is 9.47 Å². The molecule has 1 unspecified atom stereocenters. The van der Waals surface area contributed by atoms with Crippen LogP contribution >= 0.6 is 0 Å². The second-order valence-electron chi connectivity index (χ2n) is 3.54. The Hall–Kier alpha value is -0.0800. The molecule has 1 atom stereocenters. The molecule has 0 saturated carbocycles. The molecule has 0 bridgehead atoms. The van der Waals surface area contributed by atoms with E-state index in [-0.39, 0.29) is 0 Å². The third-order valence-electron chi connectivity index (χ3n) is 2.40. The fraction of sp³-hybridized carbons (Fsp3) is 1.00. The van der Waals surface area contributed by atoms with Gasteiger partial charge in [-0.25, -0.2) is 0 Å². The Morgan fingerprint density at radius 2 is 1.92 bits per heavy atom. The van der Waals surface area contributed by atoms with Crippen molar-refractivity contribution in [2.45, 2.75) is 33.6 Å². The molecule has 0 heterocycles. The molecular weight excluding hydrogens is 152 g/mol. The molecule has 0 spiro atoms. The molecule has 0 aromatic heterocycles. The molecule has 0 aliphatic heterocycles. The van der Waals surface area contributed by atoms with Crippen LogP contribution in [0.1, 0.15) is 33.6 Å². The van der Waals surface area contributed by atoms with Crippen molar-refractivity contribution in [3.63, 3.8) is 0 Å². The van der Waals surface area contributed by atoms with Crippen LogP contribution in [0.5, 0.6) is 0 Å². The molecule has 0 aliphatic rings. The molecule has 0 amide bonds. The minimum atomic E-state index is 0.296. The van der Waals surface area contributed by atoms with E-state index in [4.69, 9.17) is 9.47 Å². The number of methoxy groups -OCH3 is 1. The first-order chi connectivity index (χ1) is 5.68. The van der Waals surface area contributed by atoms with Crippen molar-refractivity contribution < 1.29 is 9.47 Å². The molecule has 2 nitrogen and oxygen atoms in total. The van der Waals surface area contributed by atoms with E-state index < -0.39 is 0 Å². The van der Waals surface area contributed by atoms with Crippen LogP contribution in [-0.4, -0.2) is 26.9 Å². The zero-order valence-corrected chi connectivity index (χ0v) is 8.85. The Morgan fingerprint density at radius 3 is 2.33 bits per heavy atom. The van der Waals surface area contributed by atoms with Gasteiger partial charge >= 0.3 is 0 Å². The van der Waals surface area contributed by atoms with Gasteiger partial charge in [0.1, 0.15) is 0 Å². The summed E-state index contributed by atoms with van der Waals surface area (Å²) in [7, 11) is 1.76. The van der Waals surface area contributed by atoms with E-state index in [1.165, 1.54) is 0 Å². The number of ether oxygens (including phenoxy) is 2. The minimum absolute atomic E-state index is 0.296. The third-order valence-corrected chi connectivity index (χ3v) is 2.40. The highest BCUT2D eigenvalue weighted by Crippen LogP contribution is 2.25. The van der Waals surface area contributed by atoms with Gasteiger partial charge in [0.2, 0.25) is 0 Å². The molecule has 0 saturated heterocycles. The molecule has 0 aliphatic carbocycles. The zero-order valence-electron chi connectivity index (χ0n) is 8.85. The van der Waals surface area contributed by atoms with Crippen LogP contribution in [0.3, 0.4) is 0 Å². The third kappa shape index (κ3) is 4.73. The number of hydrogen-bond acceptors (Lipinski definition) is 2. The summed E-state index contributed by atoms with van der Waals surface area (Å²) in [5.41, 5.74) is 0.296. The molecule has 0 radical (unpaired) electrons. The van der Waals surface area contributed by atoms with Gasteiger partial charge in [-0.15, -0.1) is 0 Å². The summed E-state index contributed by atoms with van der Waals surface area (Å²) >= 11 is 0. The molecule has 0 rings (SSSR count). The molecule has 0 fully saturated rings. The van der Waals surface area contributed by atoms with Gasteiger partial charge in [-0.3, -0.25) is 0 Å². The minimum Gasteiger partial charge on any atom is -0.384 e. The van der Waals surface area contributed by atoms with E-state index in [2.05, 4.69) is 13.8 Å². The van der Waals surface area contributed by atoms with Gasteiger partial charge in [0.25, 0.3) is 0 Å². The van der Waals surface area contributed by atoms with Crippen LogP contribution in [0.2, 0.25) is 0 Å². The SMILES string of the molecule is CCOCCC(C)(CC)COC. The predicted octanol–water partition coefficient (Wildman–Crippen LogP) is 2.48. The average molecular weight is 174 g/mol. The lowest BCUT2D eigenvalue weighted by atomic mass is 9.85. The first-order valence-corrected chi connectivity index (χ1v) is 4.75. The van der Waals surface area contributed by atoms with E-state index in [1.54, 1.807) is 7.11 Å². The number of hydrogen-bond donors (Lipinski definition) is 0. The average Bonchev–Trinajstić information content (AvgIpc) is 2.06. The van der Waals surface area contributed by atoms with E-state index in [0.29, 0.717) is 5.41 Å². The van der Waals surface area contributed by atoms with E-state index >= 15 is 0 Å². The van der Waals surface area contributed by atoms with Gasteiger partial charge in [-0.2, -0.15) is 0 Å². The summed E-state index contributed by atoms with van der Waals surface area (Å²) in [6, 6.07) is 0. The van der Waals surface area contributed by atoms with Crippen molar-refractivity contribution in [3.05, 3.63) is 0 Å². The first-order valence-electron chi connectivity index (χ1n) is 4.75. The predicted molar refractivity (Wildman–Crippen MR) is 51.4 cm³/mol. The molecule has 2 heteroatoms. The van der Waals surface area contributed by atoms with Crippen molar-refractivity contribution in [2.75, 3.05) is 26.9 Å². The molecule has 0 aromatic carbocycles. The zero-order chi connectivity index (χ0) is 9.45. The van der Waals surface area contributed by atoms with Crippen LogP contribution < -0.4 is 0 Å². The summed E-state index contributed by atoms with van der Waals surface area (Å²) in [5.74, 6) is 0. The Balaban J connectivity index is 3.63.